The number of amides is 2. The average Bonchev–Trinajstić information content (AvgIpc) is 2.82. The van der Waals surface area contributed by atoms with Gasteiger partial charge in [-0.25, -0.2) is 0 Å². The Bertz CT molecular complexity index is 1020. The number of carbonyl (C=O) groups excluding carboxylic acids is 2. The van der Waals surface area contributed by atoms with Crippen molar-refractivity contribution in [2.24, 2.45) is 0 Å². The van der Waals surface area contributed by atoms with Crippen LogP contribution in [0.1, 0.15) is 16.7 Å². The molecular formula is C26H27IN2O3. The van der Waals surface area contributed by atoms with Crippen LogP contribution in [0.15, 0.2) is 78.9 Å². The van der Waals surface area contributed by atoms with Crippen LogP contribution in [0.3, 0.4) is 0 Å². The Morgan fingerprint density at radius 3 is 2.22 bits per heavy atom. The number of hydrogen-bond acceptors (Lipinski definition) is 3. The summed E-state index contributed by atoms with van der Waals surface area (Å²) in [5.74, 6) is 0.172. The Labute approximate surface area is 202 Å². The molecule has 0 fully saturated rings. The number of aryl methyl sites for hydroxylation is 1. The molecule has 3 rings (SSSR count). The first kappa shape index (κ1) is 23.8. The Morgan fingerprint density at radius 1 is 0.938 bits per heavy atom. The molecule has 6 heteroatoms. The smallest absolute Gasteiger partial charge is 0.261 e. The third kappa shape index (κ3) is 6.82. The van der Waals surface area contributed by atoms with Crippen LogP contribution in [-0.2, 0) is 22.6 Å². The van der Waals surface area contributed by atoms with E-state index in [1.54, 1.807) is 11.9 Å². The summed E-state index contributed by atoms with van der Waals surface area (Å²) in [6, 6.07) is 24.6. The van der Waals surface area contributed by atoms with E-state index in [1.807, 2.05) is 85.8 Å². The maximum absolute atomic E-state index is 13.3. The minimum atomic E-state index is -0.656. The molecule has 0 heterocycles. The van der Waals surface area contributed by atoms with Gasteiger partial charge in [0.15, 0.2) is 6.61 Å². The van der Waals surface area contributed by atoms with Gasteiger partial charge in [0.25, 0.3) is 5.91 Å². The SMILES string of the molecule is CNC(=O)[C@H](Cc1ccccc1)N(Cc1ccc(C)cc1)C(=O)COc1ccc(I)cc1. The maximum Gasteiger partial charge on any atom is 0.261 e. The minimum Gasteiger partial charge on any atom is -0.484 e. The molecule has 0 aromatic heterocycles. The van der Waals surface area contributed by atoms with Crippen molar-refractivity contribution in [3.63, 3.8) is 0 Å². The number of hydrogen-bond donors (Lipinski definition) is 1. The second kappa shape index (κ2) is 11.7. The summed E-state index contributed by atoms with van der Waals surface area (Å²) in [5, 5.41) is 2.72. The molecule has 0 saturated carbocycles. The van der Waals surface area contributed by atoms with E-state index in [0.717, 1.165) is 20.3 Å². The number of likely N-dealkylation sites (N-methyl/N-ethyl adjacent to an activating group) is 1. The van der Waals surface area contributed by atoms with E-state index in [9.17, 15) is 9.59 Å². The Kier molecular flexibility index (Phi) is 8.67. The highest BCUT2D eigenvalue weighted by Crippen LogP contribution is 2.17. The largest absolute Gasteiger partial charge is 0.484 e. The highest BCUT2D eigenvalue weighted by molar-refractivity contribution is 14.1. The minimum absolute atomic E-state index is 0.144. The van der Waals surface area contributed by atoms with Crippen LogP contribution in [0.25, 0.3) is 0 Å². The molecule has 5 nitrogen and oxygen atoms in total. The topological polar surface area (TPSA) is 58.6 Å². The standard InChI is InChI=1S/C26H27IN2O3/c1-19-8-10-21(11-9-19)17-29(25(30)18-32-23-14-12-22(27)13-15-23)24(26(31)28-2)16-20-6-4-3-5-7-20/h3-15,24H,16-18H2,1-2H3,(H,28,31)/t24-/m0/s1. The molecule has 0 saturated heterocycles. The van der Waals surface area contributed by atoms with Gasteiger partial charge >= 0.3 is 0 Å². The number of nitrogens with zero attached hydrogens (tertiary/aromatic N) is 1. The quantitative estimate of drug-likeness (QED) is 0.409. The van der Waals surface area contributed by atoms with E-state index in [4.69, 9.17) is 4.74 Å². The van der Waals surface area contributed by atoms with Gasteiger partial charge in [-0.3, -0.25) is 9.59 Å². The zero-order valence-electron chi connectivity index (χ0n) is 18.3. The normalized spacial score (nSPS) is 11.5. The Hall–Kier alpha value is -2.87. The highest BCUT2D eigenvalue weighted by atomic mass is 127. The Balaban J connectivity index is 1.85. The van der Waals surface area contributed by atoms with Gasteiger partial charge in [-0.05, 0) is 64.9 Å². The predicted molar refractivity (Wildman–Crippen MR) is 134 cm³/mol. The molecule has 0 radical (unpaired) electrons. The Morgan fingerprint density at radius 2 is 1.59 bits per heavy atom. The van der Waals surface area contributed by atoms with Crippen molar-refractivity contribution in [2.75, 3.05) is 13.7 Å². The second-order valence-corrected chi connectivity index (χ2v) is 8.82. The first-order valence-corrected chi connectivity index (χ1v) is 11.5. The van der Waals surface area contributed by atoms with Gasteiger partial charge in [0, 0.05) is 23.6 Å². The first-order chi connectivity index (χ1) is 15.5. The van der Waals surface area contributed by atoms with Crippen molar-refractivity contribution >= 4 is 34.4 Å². The van der Waals surface area contributed by atoms with Crippen LogP contribution < -0.4 is 10.1 Å². The molecule has 2 amide bonds. The molecule has 1 atom stereocenters. The van der Waals surface area contributed by atoms with Gasteiger partial charge in [0.1, 0.15) is 11.8 Å². The van der Waals surface area contributed by atoms with Gasteiger partial charge in [-0.2, -0.15) is 0 Å². The van der Waals surface area contributed by atoms with Crippen LogP contribution >= 0.6 is 22.6 Å². The maximum atomic E-state index is 13.3. The van der Waals surface area contributed by atoms with Crippen molar-refractivity contribution in [3.8, 4) is 5.75 Å². The van der Waals surface area contributed by atoms with Crippen LogP contribution in [0.4, 0.5) is 0 Å². The van der Waals surface area contributed by atoms with E-state index in [0.29, 0.717) is 18.7 Å². The summed E-state index contributed by atoms with van der Waals surface area (Å²) in [7, 11) is 1.59. The molecule has 0 spiro atoms. The number of ether oxygens (including phenoxy) is 1. The molecule has 1 N–H and O–H groups in total. The summed E-state index contributed by atoms with van der Waals surface area (Å²) in [6.07, 6.45) is 0.418. The fraction of sp³-hybridized carbons (Fsp3) is 0.231. The molecule has 0 aliphatic heterocycles. The van der Waals surface area contributed by atoms with Crippen molar-refractivity contribution < 1.29 is 14.3 Å². The highest BCUT2D eigenvalue weighted by Gasteiger charge is 2.30. The molecule has 0 unspecified atom stereocenters. The van der Waals surface area contributed by atoms with Crippen molar-refractivity contribution in [2.45, 2.75) is 25.9 Å². The molecule has 0 aliphatic rings. The van der Waals surface area contributed by atoms with Crippen molar-refractivity contribution in [3.05, 3.63) is 99.1 Å². The summed E-state index contributed by atoms with van der Waals surface area (Å²) in [6.45, 7) is 2.19. The lowest BCUT2D eigenvalue weighted by Crippen LogP contribution is -2.51. The number of rotatable bonds is 9. The zero-order valence-corrected chi connectivity index (χ0v) is 20.4. The van der Waals surface area contributed by atoms with Crippen LogP contribution in [0.5, 0.6) is 5.75 Å². The van der Waals surface area contributed by atoms with Gasteiger partial charge in [-0.1, -0.05) is 60.2 Å². The van der Waals surface area contributed by atoms with Crippen LogP contribution in [0, 0.1) is 10.5 Å². The molecule has 166 valence electrons. The average molecular weight is 542 g/mol. The molecular weight excluding hydrogens is 515 g/mol. The fourth-order valence-electron chi connectivity index (χ4n) is 3.37. The number of nitrogens with one attached hydrogen (secondary N) is 1. The van der Waals surface area contributed by atoms with E-state index in [1.165, 1.54) is 0 Å². The lowest BCUT2D eigenvalue weighted by Gasteiger charge is -2.31. The van der Waals surface area contributed by atoms with E-state index in [-0.39, 0.29) is 18.4 Å². The summed E-state index contributed by atoms with van der Waals surface area (Å²) in [4.78, 5) is 27.8. The summed E-state index contributed by atoms with van der Waals surface area (Å²) >= 11 is 2.22. The predicted octanol–water partition coefficient (Wildman–Crippen LogP) is 4.36. The van der Waals surface area contributed by atoms with Crippen LogP contribution in [-0.4, -0.2) is 36.4 Å². The van der Waals surface area contributed by atoms with Gasteiger partial charge in [0.05, 0.1) is 0 Å². The summed E-state index contributed by atoms with van der Waals surface area (Å²) < 4.78 is 6.84. The molecule has 32 heavy (non-hydrogen) atoms. The van der Waals surface area contributed by atoms with Crippen molar-refractivity contribution in [1.29, 1.82) is 0 Å². The van der Waals surface area contributed by atoms with Gasteiger partial charge in [-0.15, -0.1) is 0 Å². The molecule has 0 aliphatic carbocycles. The van der Waals surface area contributed by atoms with E-state index >= 15 is 0 Å². The fourth-order valence-corrected chi connectivity index (χ4v) is 3.73. The lowest BCUT2D eigenvalue weighted by atomic mass is 10.0. The molecule has 0 bridgehead atoms. The summed E-state index contributed by atoms with van der Waals surface area (Å²) in [5.41, 5.74) is 3.09. The van der Waals surface area contributed by atoms with Crippen LogP contribution in [0.2, 0.25) is 0 Å². The third-order valence-electron chi connectivity index (χ3n) is 5.17. The number of carbonyl (C=O) groups is 2. The van der Waals surface area contributed by atoms with Crippen molar-refractivity contribution in [1.82, 2.24) is 10.2 Å². The van der Waals surface area contributed by atoms with E-state index < -0.39 is 6.04 Å². The number of halogens is 1. The monoisotopic (exact) mass is 542 g/mol. The van der Waals surface area contributed by atoms with E-state index in [2.05, 4.69) is 27.9 Å². The van der Waals surface area contributed by atoms with Gasteiger partial charge < -0.3 is 15.0 Å². The number of benzene rings is 3. The molecule has 3 aromatic carbocycles. The third-order valence-corrected chi connectivity index (χ3v) is 5.89. The lowest BCUT2D eigenvalue weighted by molar-refractivity contribution is -0.142. The van der Waals surface area contributed by atoms with Gasteiger partial charge in [0.2, 0.25) is 5.91 Å². The molecule has 3 aromatic rings. The second-order valence-electron chi connectivity index (χ2n) is 7.57. The first-order valence-electron chi connectivity index (χ1n) is 10.4. The zero-order chi connectivity index (χ0) is 22.9.